The van der Waals surface area contributed by atoms with E-state index in [1.807, 2.05) is 0 Å². The van der Waals surface area contributed by atoms with E-state index >= 15 is 0 Å². The van der Waals surface area contributed by atoms with Crippen LogP contribution in [0.15, 0.2) is 5.11 Å². The molecule has 1 aliphatic rings. The molecular formula is C7H16N5+. The monoisotopic (exact) mass is 170 g/mol. The summed E-state index contributed by atoms with van der Waals surface area (Å²) in [6, 6.07) is 0. The molecule has 1 saturated heterocycles. The van der Waals surface area contributed by atoms with E-state index in [1.54, 1.807) is 0 Å². The minimum Gasteiger partial charge on any atom is -0.304 e. The lowest BCUT2D eigenvalue weighted by Crippen LogP contribution is -2.45. The summed E-state index contributed by atoms with van der Waals surface area (Å²) in [4.78, 5) is 7.65. The molecule has 68 valence electrons. The van der Waals surface area contributed by atoms with E-state index in [0.717, 1.165) is 32.7 Å². The lowest BCUT2D eigenvalue weighted by molar-refractivity contribution is 0.157. The maximum atomic E-state index is 6.48. The van der Waals surface area contributed by atoms with Gasteiger partial charge in [0.25, 0.3) is 0 Å². The molecule has 12 heavy (non-hydrogen) atoms. The van der Waals surface area contributed by atoms with Gasteiger partial charge in [0.15, 0.2) is 0 Å². The third-order valence-corrected chi connectivity index (χ3v) is 2.18. The third kappa shape index (κ3) is 3.09. The fraction of sp³-hybridized carbons (Fsp3) is 1.00. The second-order valence-corrected chi connectivity index (χ2v) is 3.11. The van der Waals surface area contributed by atoms with Gasteiger partial charge in [-0.3, -0.25) is 4.90 Å². The molecule has 0 amide bonds. The average molecular weight is 170 g/mol. The molecule has 0 atom stereocenters. The van der Waals surface area contributed by atoms with Gasteiger partial charge in [0.05, 0.1) is 0 Å². The molecule has 0 unspecified atom stereocenters. The van der Waals surface area contributed by atoms with E-state index in [-0.39, 0.29) is 0 Å². The normalized spacial score (nSPS) is 20.4. The van der Waals surface area contributed by atoms with E-state index in [4.69, 9.17) is 5.53 Å². The minimum absolute atomic E-state index is 0.660. The first-order valence-corrected chi connectivity index (χ1v) is 4.27. The molecular weight excluding hydrogens is 154 g/mol. The van der Waals surface area contributed by atoms with Gasteiger partial charge in [-0.2, -0.15) is 0 Å². The van der Waals surface area contributed by atoms with Gasteiger partial charge in [-0.15, -0.1) is 0 Å². The van der Waals surface area contributed by atoms with E-state index in [2.05, 4.69) is 26.9 Å². The van der Waals surface area contributed by atoms with Crippen LogP contribution in [-0.4, -0.2) is 56.1 Å². The summed E-state index contributed by atoms with van der Waals surface area (Å²) >= 11 is 0. The first-order chi connectivity index (χ1) is 5.83. The summed E-state index contributed by atoms with van der Waals surface area (Å²) in [5.41, 5.74) is 6.48. The third-order valence-electron chi connectivity index (χ3n) is 2.18. The molecule has 1 fully saturated rings. The van der Waals surface area contributed by atoms with Crippen molar-refractivity contribution >= 4 is 0 Å². The van der Waals surface area contributed by atoms with Crippen LogP contribution in [0.25, 0.3) is 0 Å². The molecule has 1 rings (SSSR count). The second-order valence-electron chi connectivity index (χ2n) is 3.11. The zero-order valence-corrected chi connectivity index (χ0v) is 7.53. The maximum Gasteiger partial charge on any atom is 0.214 e. The number of nitrogens with zero attached hydrogens (tertiary/aromatic N) is 4. The fourth-order valence-corrected chi connectivity index (χ4v) is 1.31. The number of rotatable bonds is 3. The smallest absolute Gasteiger partial charge is 0.214 e. The van der Waals surface area contributed by atoms with Crippen molar-refractivity contribution in [2.24, 2.45) is 5.11 Å². The summed E-state index contributed by atoms with van der Waals surface area (Å²) in [7, 11) is 2.14. The minimum atomic E-state index is 0.660. The Hall–Kier alpha value is -0.770. The highest BCUT2D eigenvalue weighted by atomic mass is 15.3. The molecule has 0 aromatic rings. The Balaban J connectivity index is 2.13. The summed E-state index contributed by atoms with van der Waals surface area (Å²) in [6.45, 7) is 6.10. The van der Waals surface area contributed by atoms with Crippen LogP contribution in [0.3, 0.4) is 0 Å². The molecule has 5 nitrogen and oxygen atoms in total. The highest BCUT2D eigenvalue weighted by Gasteiger charge is 2.12. The van der Waals surface area contributed by atoms with Gasteiger partial charge < -0.3 is 4.90 Å². The van der Waals surface area contributed by atoms with Crippen molar-refractivity contribution < 1.29 is 0 Å². The highest BCUT2D eigenvalue weighted by molar-refractivity contribution is 4.69. The fourth-order valence-electron chi connectivity index (χ4n) is 1.31. The van der Waals surface area contributed by atoms with Crippen molar-refractivity contribution in [1.82, 2.24) is 14.7 Å². The van der Waals surface area contributed by atoms with Crippen molar-refractivity contribution in [2.75, 3.05) is 46.3 Å². The molecule has 0 aromatic carbocycles. The van der Waals surface area contributed by atoms with E-state index < -0.39 is 0 Å². The predicted octanol–water partition coefficient (Wildman–Crippen LogP) is -0.216. The zero-order chi connectivity index (χ0) is 8.81. The standard InChI is InChI=1S/C7H16N5/c1-11-4-6-12(7-5-11)3-2-9-10-8/h8H,2-7H2,1H3/q+1. The molecule has 0 saturated carbocycles. The highest BCUT2D eigenvalue weighted by Crippen LogP contribution is 1.97. The predicted molar refractivity (Wildman–Crippen MR) is 46.1 cm³/mol. The molecule has 0 aromatic heterocycles. The Kier molecular flexibility index (Phi) is 3.87. The Morgan fingerprint density at radius 2 is 2.00 bits per heavy atom. The van der Waals surface area contributed by atoms with Crippen molar-refractivity contribution in [3.8, 4) is 0 Å². The molecule has 1 aliphatic heterocycles. The summed E-state index contributed by atoms with van der Waals surface area (Å²) < 4.78 is 0. The van der Waals surface area contributed by atoms with Crippen LogP contribution in [0.5, 0.6) is 0 Å². The van der Waals surface area contributed by atoms with Gasteiger partial charge in [0, 0.05) is 32.7 Å². The molecule has 5 heteroatoms. The van der Waals surface area contributed by atoms with Crippen molar-refractivity contribution in [3.05, 3.63) is 0 Å². The van der Waals surface area contributed by atoms with Crippen LogP contribution in [0.2, 0.25) is 0 Å². The quantitative estimate of drug-likeness (QED) is 0.470. The van der Waals surface area contributed by atoms with Gasteiger partial charge >= 0.3 is 0 Å². The van der Waals surface area contributed by atoms with Gasteiger partial charge in [0.2, 0.25) is 4.91 Å². The lowest BCUT2D eigenvalue weighted by atomic mass is 10.3. The molecule has 0 radical (unpaired) electrons. The van der Waals surface area contributed by atoms with E-state index in [0.29, 0.717) is 6.54 Å². The summed E-state index contributed by atoms with van der Waals surface area (Å²) in [6.07, 6.45) is 0. The number of piperazine rings is 1. The van der Waals surface area contributed by atoms with Crippen molar-refractivity contribution in [1.29, 1.82) is 5.53 Å². The molecule has 1 N–H and O–H groups in total. The summed E-state index contributed by atoms with van der Waals surface area (Å²) in [5, 5.41) is 3.62. The second kappa shape index (κ2) is 4.98. The van der Waals surface area contributed by atoms with E-state index in [1.165, 1.54) is 0 Å². The molecule has 1 heterocycles. The molecule has 0 aliphatic carbocycles. The Morgan fingerprint density at radius 3 is 2.58 bits per heavy atom. The van der Waals surface area contributed by atoms with Gasteiger partial charge in [-0.1, -0.05) is 0 Å². The van der Waals surface area contributed by atoms with Crippen molar-refractivity contribution in [3.63, 3.8) is 0 Å². The van der Waals surface area contributed by atoms with Crippen molar-refractivity contribution in [2.45, 2.75) is 0 Å². The SMILES string of the molecule is CN1CCN(CCN=[N+]=N)CC1. The molecule has 0 bridgehead atoms. The van der Waals surface area contributed by atoms with Crippen LogP contribution in [0.4, 0.5) is 0 Å². The Bertz CT molecular complexity index is 167. The number of hydrogen-bond donors (Lipinski definition) is 1. The van der Waals surface area contributed by atoms with Gasteiger partial charge in [0.1, 0.15) is 17.2 Å². The Morgan fingerprint density at radius 1 is 1.33 bits per heavy atom. The maximum absolute atomic E-state index is 6.48. The van der Waals surface area contributed by atoms with Crippen LogP contribution in [0.1, 0.15) is 0 Å². The molecule has 0 spiro atoms. The van der Waals surface area contributed by atoms with E-state index in [9.17, 15) is 0 Å². The lowest BCUT2D eigenvalue weighted by Gasteiger charge is -2.31. The first-order valence-electron chi connectivity index (χ1n) is 4.27. The number of hydrogen-bond acceptors (Lipinski definition) is 4. The van der Waals surface area contributed by atoms with Crippen LogP contribution in [0, 0.1) is 5.53 Å². The average Bonchev–Trinajstić information content (AvgIpc) is 2.09. The number of likely N-dealkylation sites (N-methyl/N-ethyl adjacent to an activating group) is 1. The largest absolute Gasteiger partial charge is 0.304 e. The summed E-state index contributed by atoms with van der Waals surface area (Å²) in [5.74, 6) is 0. The zero-order valence-electron chi connectivity index (χ0n) is 7.53. The Labute approximate surface area is 72.6 Å². The number of nitrogens with one attached hydrogen (secondary N) is 1. The van der Waals surface area contributed by atoms with Gasteiger partial charge in [-0.25, -0.2) is 0 Å². The topological polar surface area (TPSA) is 56.8 Å². The van der Waals surface area contributed by atoms with Crippen LogP contribution >= 0.6 is 0 Å². The van der Waals surface area contributed by atoms with Crippen LogP contribution in [-0.2, 0) is 0 Å². The van der Waals surface area contributed by atoms with Gasteiger partial charge in [-0.05, 0) is 7.05 Å². The van der Waals surface area contributed by atoms with Crippen LogP contribution < -0.4 is 4.91 Å². The first kappa shape index (κ1) is 9.32.